The number of thioether (sulfide) groups is 1. The van der Waals surface area contributed by atoms with Crippen molar-refractivity contribution in [3.63, 3.8) is 0 Å². The van der Waals surface area contributed by atoms with Gasteiger partial charge >= 0.3 is 0 Å². The molecule has 1 amide bonds. The van der Waals surface area contributed by atoms with Crippen LogP contribution in [-0.4, -0.2) is 47.4 Å². The summed E-state index contributed by atoms with van der Waals surface area (Å²) in [4.78, 5) is 24.0. The van der Waals surface area contributed by atoms with Crippen molar-refractivity contribution in [1.29, 1.82) is 0 Å². The monoisotopic (exact) mass is 311 g/mol. The molecule has 1 rings (SSSR count). The van der Waals surface area contributed by atoms with Gasteiger partial charge in [-0.2, -0.15) is 11.8 Å². The standard InChI is InChI=1S/C14H21N3O3S/c1-5-21-9-10(2)15-12-7-6-11(14(18)16(3)4)8-13(12)17(19)20/h6-8,10,15H,5,9H2,1-4H3. The fourth-order valence-corrected chi connectivity index (χ4v) is 2.47. The van der Waals surface area contributed by atoms with Gasteiger partial charge in [-0.25, -0.2) is 0 Å². The number of anilines is 1. The number of carbonyl (C=O) groups is 1. The van der Waals surface area contributed by atoms with Crippen LogP contribution in [0.2, 0.25) is 0 Å². The average Bonchev–Trinajstić information content (AvgIpc) is 2.44. The Labute approximate surface area is 129 Å². The molecule has 0 radical (unpaired) electrons. The average molecular weight is 311 g/mol. The molecule has 0 aliphatic rings. The zero-order chi connectivity index (χ0) is 16.0. The molecule has 0 aliphatic carbocycles. The maximum atomic E-state index is 11.9. The highest BCUT2D eigenvalue weighted by Crippen LogP contribution is 2.27. The fourth-order valence-electron chi connectivity index (χ4n) is 1.80. The highest BCUT2D eigenvalue weighted by Gasteiger charge is 2.19. The number of benzene rings is 1. The minimum atomic E-state index is -0.464. The van der Waals surface area contributed by atoms with E-state index in [2.05, 4.69) is 12.2 Å². The molecule has 0 aromatic heterocycles. The number of nitrogens with one attached hydrogen (secondary N) is 1. The van der Waals surface area contributed by atoms with Gasteiger partial charge in [0.1, 0.15) is 5.69 Å². The molecule has 0 saturated carbocycles. The number of hydrogen-bond acceptors (Lipinski definition) is 5. The van der Waals surface area contributed by atoms with Gasteiger partial charge in [0.05, 0.1) is 4.92 Å². The fraction of sp³-hybridized carbons (Fsp3) is 0.500. The van der Waals surface area contributed by atoms with Gasteiger partial charge in [0.2, 0.25) is 0 Å². The SMILES string of the molecule is CCSCC(C)Nc1ccc(C(=O)N(C)C)cc1[N+](=O)[O-]. The second-order valence-corrected chi connectivity index (χ2v) is 6.21. The Morgan fingerprint density at radius 2 is 2.14 bits per heavy atom. The molecule has 0 spiro atoms. The van der Waals surface area contributed by atoms with Crippen LogP contribution in [-0.2, 0) is 0 Å². The van der Waals surface area contributed by atoms with Crippen LogP contribution in [0.25, 0.3) is 0 Å². The summed E-state index contributed by atoms with van der Waals surface area (Å²) in [6.07, 6.45) is 0. The molecular weight excluding hydrogens is 290 g/mol. The zero-order valence-corrected chi connectivity index (χ0v) is 13.6. The number of carbonyl (C=O) groups excluding carboxylic acids is 1. The molecule has 1 unspecified atom stereocenters. The summed E-state index contributed by atoms with van der Waals surface area (Å²) in [6.45, 7) is 4.05. The summed E-state index contributed by atoms with van der Waals surface area (Å²) >= 11 is 1.77. The molecule has 0 fully saturated rings. The second-order valence-electron chi connectivity index (χ2n) is 4.89. The Hall–Kier alpha value is -1.76. The van der Waals surface area contributed by atoms with Crippen LogP contribution in [0.5, 0.6) is 0 Å². The van der Waals surface area contributed by atoms with Gasteiger partial charge in [-0.15, -0.1) is 0 Å². The third-order valence-electron chi connectivity index (χ3n) is 2.82. The lowest BCUT2D eigenvalue weighted by Crippen LogP contribution is -2.22. The van der Waals surface area contributed by atoms with E-state index in [0.29, 0.717) is 11.3 Å². The van der Waals surface area contributed by atoms with E-state index < -0.39 is 4.92 Å². The van der Waals surface area contributed by atoms with Crippen molar-refractivity contribution in [2.24, 2.45) is 0 Å². The smallest absolute Gasteiger partial charge is 0.293 e. The molecule has 0 bridgehead atoms. The van der Waals surface area contributed by atoms with Crippen LogP contribution in [0.1, 0.15) is 24.2 Å². The first-order valence-corrected chi connectivity index (χ1v) is 7.86. The number of hydrogen-bond donors (Lipinski definition) is 1. The Morgan fingerprint density at radius 3 is 2.67 bits per heavy atom. The van der Waals surface area contributed by atoms with E-state index in [1.807, 2.05) is 6.92 Å². The van der Waals surface area contributed by atoms with Gasteiger partial charge in [-0.05, 0) is 24.8 Å². The molecule has 0 heterocycles. The van der Waals surface area contributed by atoms with E-state index in [-0.39, 0.29) is 17.6 Å². The van der Waals surface area contributed by atoms with E-state index in [1.165, 1.54) is 11.0 Å². The summed E-state index contributed by atoms with van der Waals surface area (Å²) in [5.41, 5.74) is 0.684. The molecule has 21 heavy (non-hydrogen) atoms. The van der Waals surface area contributed by atoms with Crippen molar-refractivity contribution >= 4 is 29.0 Å². The van der Waals surface area contributed by atoms with E-state index in [9.17, 15) is 14.9 Å². The number of rotatable bonds is 7. The van der Waals surface area contributed by atoms with Crippen LogP contribution >= 0.6 is 11.8 Å². The van der Waals surface area contributed by atoms with Gasteiger partial charge in [-0.1, -0.05) is 6.92 Å². The van der Waals surface area contributed by atoms with Crippen molar-refractivity contribution in [2.45, 2.75) is 19.9 Å². The lowest BCUT2D eigenvalue weighted by atomic mass is 10.1. The summed E-state index contributed by atoms with van der Waals surface area (Å²) in [5, 5.41) is 14.3. The van der Waals surface area contributed by atoms with Crippen LogP contribution in [0, 0.1) is 10.1 Å². The summed E-state index contributed by atoms with van der Waals surface area (Å²) in [7, 11) is 3.23. The molecule has 1 N–H and O–H groups in total. The van der Waals surface area contributed by atoms with Crippen LogP contribution in [0.15, 0.2) is 18.2 Å². The number of nitro benzene ring substituents is 1. The van der Waals surface area contributed by atoms with Crippen LogP contribution in [0.4, 0.5) is 11.4 Å². The van der Waals surface area contributed by atoms with Gasteiger partial charge in [0.25, 0.3) is 11.6 Å². The highest BCUT2D eigenvalue weighted by atomic mass is 32.2. The first-order valence-electron chi connectivity index (χ1n) is 6.71. The molecule has 1 aromatic carbocycles. The van der Waals surface area contributed by atoms with Crippen LogP contribution in [0.3, 0.4) is 0 Å². The van der Waals surface area contributed by atoms with E-state index in [1.54, 1.807) is 38.0 Å². The normalized spacial score (nSPS) is 11.8. The summed E-state index contributed by atoms with van der Waals surface area (Å²) in [5.74, 6) is 1.62. The predicted molar refractivity (Wildman–Crippen MR) is 87.2 cm³/mol. The lowest BCUT2D eigenvalue weighted by Gasteiger charge is -2.16. The molecular formula is C14H21N3O3S. The van der Waals surface area contributed by atoms with E-state index >= 15 is 0 Å². The Morgan fingerprint density at radius 1 is 1.48 bits per heavy atom. The molecule has 116 valence electrons. The lowest BCUT2D eigenvalue weighted by molar-refractivity contribution is -0.384. The topological polar surface area (TPSA) is 75.5 Å². The molecule has 7 heteroatoms. The van der Waals surface area contributed by atoms with Crippen LogP contribution < -0.4 is 5.32 Å². The maximum Gasteiger partial charge on any atom is 0.293 e. The minimum Gasteiger partial charge on any atom is -0.376 e. The molecule has 1 atom stereocenters. The zero-order valence-electron chi connectivity index (χ0n) is 12.8. The quantitative estimate of drug-likeness (QED) is 0.619. The van der Waals surface area contributed by atoms with Crippen molar-refractivity contribution in [2.75, 3.05) is 30.9 Å². The van der Waals surface area contributed by atoms with Gasteiger partial charge < -0.3 is 10.2 Å². The Kier molecular flexibility index (Phi) is 6.48. The second kappa shape index (κ2) is 7.87. The minimum absolute atomic E-state index is 0.0731. The van der Waals surface area contributed by atoms with Crippen molar-refractivity contribution in [3.05, 3.63) is 33.9 Å². The maximum absolute atomic E-state index is 11.9. The number of amides is 1. The third kappa shape index (κ3) is 4.93. The van der Waals surface area contributed by atoms with Crippen molar-refractivity contribution in [3.8, 4) is 0 Å². The predicted octanol–water partition coefficient (Wildman–Crippen LogP) is 2.85. The number of nitrogens with zero attached hydrogens (tertiary/aromatic N) is 2. The van der Waals surface area contributed by atoms with Gasteiger partial charge in [0, 0.05) is 37.5 Å². The Balaban J connectivity index is 3.00. The molecule has 0 aliphatic heterocycles. The van der Waals surface area contributed by atoms with E-state index in [4.69, 9.17) is 0 Å². The third-order valence-corrected chi connectivity index (χ3v) is 3.97. The van der Waals surface area contributed by atoms with Gasteiger partial charge in [-0.3, -0.25) is 14.9 Å². The summed E-state index contributed by atoms with van der Waals surface area (Å²) in [6, 6.07) is 4.65. The summed E-state index contributed by atoms with van der Waals surface area (Å²) < 4.78 is 0. The molecule has 1 aromatic rings. The molecule has 6 nitrogen and oxygen atoms in total. The first-order chi connectivity index (χ1) is 9.86. The highest BCUT2D eigenvalue weighted by molar-refractivity contribution is 7.99. The van der Waals surface area contributed by atoms with E-state index in [0.717, 1.165) is 11.5 Å². The van der Waals surface area contributed by atoms with Gasteiger partial charge in [0.15, 0.2) is 0 Å². The first kappa shape index (κ1) is 17.3. The molecule has 0 saturated heterocycles. The number of nitro groups is 1. The van der Waals surface area contributed by atoms with Crippen molar-refractivity contribution in [1.82, 2.24) is 4.90 Å². The largest absolute Gasteiger partial charge is 0.376 e. The van der Waals surface area contributed by atoms with Crippen molar-refractivity contribution < 1.29 is 9.72 Å². The Bertz CT molecular complexity index is 520.